The van der Waals surface area contributed by atoms with Gasteiger partial charge >= 0.3 is 6.03 Å². The lowest BCUT2D eigenvalue weighted by molar-refractivity contribution is 0.178. The highest BCUT2D eigenvalue weighted by Crippen LogP contribution is 2.35. The highest BCUT2D eigenvalue weighted by molar-refractivity contribution is 7.10. The van der Waals surface area contributed by atoms with E-state index >= 15 is 0 Å². The molecule has 0 aliphatic carbocycles. The minimum Gasteiger partial charge on any atom is -0.496 e. The fourth-order valence-corrected chi connectivity index (χ4v) is 5.50. The maximum absolute atomic E-state index is 13.0. The predicted molar refractivity (Wildman–Crippen MR) is 138 cm³/mol. The van der Waals surface area contributed by atoms with Crippen molar-refractivity contribution in [1.82, 2.24) is 24.8 Å². The van der Waals surface area contributed by atoms with Gasteiger partial charge in [-0.3, -0.25) is 0 Å². The van der Waals surface area contributed by atoms with Crippen molar-refractivity contribution in [3.63, 3.8) is 0 Å². The molecule has 1 unspecified atom stereocenters. The molecule has 1 aliphatic heterocycles. The molecule has 1 saturated heterocycles. The summed E-state index contributed by atoms with van der Waals surface area (Å²) in [5.41, 5.74) is 4.05. The lowest BCUT2D eigenvalue weighted by Gasteiger charge is -2.32. The van der Waals surface area contributed by atoms with Crippen molar-refractivity contribution in [2.45, 2.75) is 31.7 Å². The number of likely N-dealkylation sites (tertiary alicyclic amines) is 1. The molecule has 2 amide bonds. The molecule has 0 bridgehead atoms. The third-order valence-electron chi connectivity index (χ3n) is 6.55. The van der Waals surface area contributed by atoms with E-state index < -0.39 is 0 Å². The van der Waals surface area contributed by atoms with Gasteiger partial charge < -0.3 is 19.5 Å². The molecule has 0 radical (unpaired) electrons. The quantitative estimate of drug-likeness (QED) is 0.381. The Morgan fingerprint density at radius 3 is 2.77 bits per heavy atom. The second-order valence-electron chi connectivity index (χ2n) is 8.77. The Bertz CT molecular complexity index is 1280. The number of carbonyl (C=O) groups excluding carboxylic acids is 1. The van der Waals surface area contributed by atoms with Gasteiger partial charge in [0.25, 0.3) is 0 Å². The second-order valence-corrected chi connectivity index (χ2v) is 9.66. The minimum absolute atomic E-state index is 0.0159. The van der Waals surface area contributed by atoms with Crippen LogP contribution < -0.4 is 10.1 Å². The van der Waals surface area contributed by atoms with Crippen LogP contribution in [0.4, 0.5) is 4.79 Å². The van der Waals surface area contributed by atoms with Gasteiger partial charge in [-0.15, -0.1) is 11.3 Å². The number of para-hydroxylation sites is 1. The molecule has 2 aromatic carbocycles. The van der Waals surface area contributed by atoms with Gasteiger partial charge in [0.2, 0.25) is 0 Å². The van der Waals surface area contributed by atoms with Gasteiger partial charge in [-0.1, -0.05) is 24.3 Å². The topological polar surface area (TPSA) is 72.3 Å². The molecular weight excluding hydrogens is 458 g/mol. The largest absolute Gasteiger partial charge is 0.496 e. The van der Waals surface area contributed by atoms with E-state index in [2.05, 4.69) is 21.7 Å². The van der Waals surface area contributed by atoms with E-state index in [1.165, 1.54) is 0 Å². The number of benzene rings is 2. The summed E-state index contributed by atoms with van der Waals surface area (Å²) in [6, 6.07) is 16.0. The SMILES string of the molecule is COc1ccccc1-c1csc(C2CCN(C(=O)NC(C)c3cccc(-n4ccnc4)c3)CC2)n1. The minimum atomic E-state index is -0.0916. The number of hydrogen-bond acceptors (Lipinski definition) is 5. The number of amides is 2. The zero-order valence-electron chi connectivity index (χ0n) is 19.9. The summed E-state index contributed by atoms with van der Waals surface area (Å²) < 4.78 is 7.45. The van der Waals surface area contributed by atoms with Crippen molar-refractivity contribution in [2.24, 2.45) is 0 Å². The van der Waals surface area contributed by atoms with E-state index in [4.69, 9.17) is 9.72 Å². The molecule has 3 heterocycles. The molecular formula is C27H29N5O2S. The first-order valence-corrected chi connectivity index (χ1v) is 12.7. The number of nitrogens with zero attached hydrogens (tertiary/aromatic N) is 4. The summed E-state index contributed by atoms with van der Waals surface area (Å²) in [5.74, 6) is 1.21. The fourth-order valence-electron chi connectivity index (χ4n) is 4.51. The summed E-state index contributed by atoms with van der Waals surface area (Å²) in [6.07, 6.45) is 7.27. The number of methoxy groups -OCH3 is 1. The van der Waals surface area contributed by atoms with Crippen LogP contribution in [-0.2, 0) is 0 Å². The zero-order valence-corrected chi connectivity index (χ0v) is 20.7. The summed E-state index contributed by atoms with van der Waals surface area (Å²) in [6.45, 7) is 3.47. The van der Waals surface area contributed by atoms with Gasteiger partial charge in [0.15, 0.2) is 0 Å². The number of thiazole rings is 1. The number of aromatic nitrogens is 3. The number of hydrogen-bond donors (Lipinski definition) is 1. The van der Waals surface area contributed by atoms with E-state index in [9.17, 15) is 4.79 Å². The van der Waals surface area contributed by atoms with E-state index in [0.717, 1.165) is 59.2 Å². The molecule has 8 heteroatoms. The van der Waals surface area contributed by atoms with E-state index in [1.54, 1.807) is 31.0 Å². The maximum atomic E-state index is 13.0. The average molecular weight is 488 g/mol. The Morgan fingerprint density at radius 2 is 2.00 bits per heavy atom. The molecule has 5 rings (SSSR count). The summed E-state index contributed by atoms with van der Waals surface area (Å²) >= 11 is 1.70. The summed E-state index contributed by atoms with van der Waals surface area (Å²) in [5, 5.41) is 6.40. The number of piperidine rings is 1. The lowest BCUT2D eigenvalue weighted by atomic mass is 9.97. The first kappa shape index (κ1) is 23.1. The van der Waals surface area contributed by atoms with Crippen LogP contribution in [-0.4, -0.2) is 45.7 Å². The Hall–Kier alpha value is -3.65. The monoisotopic (exact) mass is 487 g/mol. The summed E-state index contributed by atoms with van der Waals surface area (Å²) in [7, 11) is 1.68. The third kappa shape index (κ3) is 5.07. The average Bonchev–Trinajstić information content (AvgIpc) is 3.62. The highest BCUT2D eigenvalue weighted by Gasteiger charge is 2.27. The van der Waals surface area contributed by atoms with Crippen LogP contribution in [0.3, 0.4) is 0 Å². The molecule has 35 heavy (non-hydrogen) atoms. The van der Waals surface area contributed by atoms with Gasteiger partial charge in [-0.05, 0) is 49.6 Å². The maximum Gasteiger partial charge on any atom is 0.317 e. The Morgan fingerprint density at radius 1 is 1.17 bits per heavy atom. The first-order chi connectivity index (χ1) is 17.1. The van der Waals surface area contributed by atoms with Crippen LogP contribution in [0.2, 0.25) is 0 Å². The van der Waals surface area contributed by atoms with Gasteiger partial charge in [0.1, 0.15) is 5.75 Å². The van der Waals surface area contributed by atoms with E-state index in [1.807, 2.05) is 65.1 Å². The predicted octanol–water partition coefficient (Wildman–Crippen LogP) is 5.65. The van der Waals surface area contributed by atoms with Gasteiger partial charge in [0.05, 0.1) is 30.2 Å². The second kappa shape index (κ2) is 10.3. The van der Waals surface area contributed by atoms with Crippen LogP contribution in [0.5, 0.6) is 5.75 Å². The van der Waals surface area contributed by atoms with Gasteiger partial charge in [-0.2, -0.15) is 0 Å². The molecule has 7 nitrogen and oxygen atoms in total. The fraction of sp³-hybridized carbons (Fsp3) is 0.296. The highest BCUT2D eigenvalue weighted by atomic mass is 32.1. The van der Waals surface area contributed by atoms with Crippen LogP contribution in [0.1, 0.15) is 42.3 Å². The number of rotatable bonds is 6. The number of nitrogens with one attached hydrogen (secondary N) is 1. The van der Waals surface area contributed by atoms with Crippen LogP contribution in [0.25, 0.3) is 16.9 Å². The van der Waals surface area contributed by atoms with Crippen LogP contribution in [0.15, 0.2) is 72.6 Å². The standard InChI is InChI=1S/C27H29N5O2S/c1-19(21-6-5-7-22(16-21)32-15-12-28-18-32)29-27(33)31-13-10-20(11-14-31)26-30-24(17-35-26)23-8-3-4-9-25(23)34-2/h3-9,12,15-20H,10-11,13-14H2,1-2H3,(H,29,33). The third-order valence-corrected chi connectivity index (χ3v) is 7.56. The molecule has 0 spiro atoms. The van der Waals surface area contributed by atoms with Crippen molar-refractivity contribution in [2.75, 3.05) is 20.2 Å². The van der Waals surface area contributed by atoms with Gasteiger partial charge in [-0.25, -0.2) is 14.8 Å². The van der Waals surface area contributed by atoms with Gasteiger partial charge in [0, 0.05) is 48.0 Å². The molecule has 180 valence electrons. The molecule has 1 atom stereocenters. The Balaban J connectivity index is 1.18. The number of carbonyl (C=O) groups is 1. The van der Waals surface area contributed by atoms with Crippen molar-refractivity contribution < 1.29 is 9.53 Å². The van der Waals surface area contributed by atoms with Crippen LogP contribution >= 0.6 is 11.3 Å². The Labute approximate surface area is 209 Å². The van der Waals surface area contributed by atoms with Crippen molar-refractivity contribution >= 4 is 17.4 Å². The van der Waals surface area contributed by atoms with E-state index in [-0.39, 0.29) is 12.1 Å². The Kier molecular flexibility index (Phi) is 6.81. The normalized spacial score (nSPS) is 15.1. The van der Waals surface area contributed by atoms with E-state index in [0.29, 0.717) is 5.92 Å². The van der Waals surface area contributed by atoms with Crippen molar-refractivity contribution in [3.05, 3.63) is 83.2 Å². The smallest absolute Gasteiger partial charge is 0.317 e. The number of urea groups is 1. The number of ether oxygens (including phenoxy) is 1. The molecule has 2 aromatic heterocycles. The van der Waals surface area contributed by atoms with Crippen molar-refractivity contribution in [1.29, 1.82) is 0 Å². The molecule has 4 aromatic rings. The van der Waals surface area contributed by atoms with Crippen molar-refractivity contribution in [3.8, 4) is 22.7 Å². The zero-order chi connectivity index (χ0) is 24.2. The molecule has 0 saturated carbocycles. The first-order valence-electron chi connectivity index (χ1n) is 11.8. The summed E-state index contributed by atoms with van der Waals surface area (Å²) in [4.78, 5) is 23.9. The molecule has 1 fully saturated rings. The lowest BCUT2D eigenvalue weighted by Crippen LogP contribution is -2.44. The number of imidazole rings is 1. The molecule has 1 N–H and O–H groups in total. The molecule has 1 aliphatic rings. The van der Waals surface area contributed by atoms with Crippen LogP contribution in [0, 0.1) is 0 Å².